The van der Waals surface area contributed by atoms with E-state index in [0.717, 1.165) is 18.2 Å². The van der Waals surface area contributed by atoms with Gasteiger partial charge in [0.25, 0.3) is 0 Å². The Hall–Kier alpha value is -1.03. The highest BCUT2D eigenvalue weighted by atomic mass is 32.2. The summed E-state index contributed by atoms with van der Waals surface area (Å²) in [7, 11) is -7.38. The topological polar surface area (TPSA) is 106 Å². The van der Waals surface area contributed by atoms with Crippen LogP contribution in [-0.2, 0) is 20.0 Å². The summed E-state index contributed by atoms with van der Waals surface area (Å²) in [5.74, 6) is -0.830. The first-order valence-corrected chi connectivity index (χ1v) is 8.58. The zero-order chi connectivity index (χ0) is 14.7. The van der Waals surface area contributed by atoms with E-state index in [0.29, 0.717) is 0 Å². The van der Waals surface area contributed by atoms with E-state index >= 15 is 0 Å². The minimum atomic E-state index is -3.78. The molecule has 0 fully saturated rings. The highest BCUT2D eigenvalue weighted by Crippen LogP contribution is 2.15. The molecule has 6 nitrogen and oxygen atoms in total. The van der Waals surface area contributed by atoms with E-state index in [2.05, 4.69) is 4.72 Å². The molecular weight excluding hydrogens is 295 g/mol. The Labute approximate surface area is 111 Å². The predicted molar refractivity (Wildman–Crippen MR) is 68.9 cm³/mol. The van der Waals surface area contributed by atoms with Crippen LogP contribution >= 0.6 is 0 Å². The van der Waals surface area contributed by atoms with Crippen LogP contribution in [0.15, 0.2) is 23.1 Å². The number of hydrogen-bond donors (Lipinski definition) is 2. The molecule has 9 heteroatoms. The van der Waals surface area contributed by atoms with Crippen molar-refractivity contribution >= 4 is 20.0 Å². The van der Waals surface area contributed by atoms with Crippen molar-refractivity contribution in [3.63, 3.8) is 0 Å². The highest BCUT2D eigenvalue weighted by Gasteiger charge is 2.16. The lowest BCUT2D eigenvalue weighted by atomic mass is 10.2. The molecule has 0 aliphatic heterocycles. The maximum absolute atomic E-state index is 12.9. The molecule has 0 amide bonds. The number of nitrogens with one attached hydrogen (secondary N) is 1. The third kappa shape index (κ3) is 5.23. The standard InChI is InChI=1S/C10H15FN2O4S2/c1-8-7-9(11)3-4-10(8)19(16,17)13-5-2-6-18(12,14)15/h3-4,7,13H,2,5-6H2,1H3,(H2,12,14,15). The lowest BCUT2D eigenvalue weighted by Gasteiger charge is -2.09. The van der Waals surface area contributed by atoms with E-state index in [1.807, 2.05) is 0 Å². The first kappa shape index (κ1) is 16.0. The molecule has 1 aromatic rings. The van der Waals surface area contributed by atoms with Crippen LogP contribution in [0.25, 0.3) is 0 Å². The van der Waals surface area contributed by atoms with Gasteiger partial charge in [-0.15, -0.1) is 0 Å². The number of halogens is 1. The normalized spacial score (nSPS) is 12.6. The molecule has 0 atom stereocenters. The SMILES string of the molecule is Cc1cc(F)ccc1S(=O)(=O)NCCCS(N)(=O)=O. The van der Waals surface area contributed by atoms with E-state index in [1.165, 1.54) is 6.92 Å². The third-order valence-electron chi connectivity index (χ3n) is 2.32. The van der Waals surface area contributed by atoms with E-state index in [9.17, 15) is 21.2 Å². The quantitative estimate of drug-likeness (QED) is 0.726. The van der Waals surface area contributed by atoms with Crippen LogP contribution in [0.2, 0.25) is 0 Å². The first-order chi connectivity index (χ1) is 8.62. The average Bonchev–Trinajstić information content (AvgIpc) is 2.22. The van der Waals surface area contributed by atoms with Crippen molar-refractivity contribution in [3.05, 3.63) is 29.6 Å². The molecule has 0 bridgehead atoms. The summed E-state index contributed by atoms with van der Waals surface area (Å²) in [5.41, 5.74) is 0.277. The molecular formula is C10H15FN2O4S2. The minimum Gasteiger partial charge on any atom is -0.229 e. The Morgan fingerprint density at radius 2 is 1.89 bits per heavy atom. The fraction of sp³-hybridized carbons (Fsp3) is 0.400. The molecule has 0 unspecified atom stereocenters. The summed E-state index contributed by atoms with van der Waals surface area (Å²) >= 11 is 0. The van der Waals surface area contributed by atoms with Gasteiger partial charge in [-0.2, -0.15) is 0 Å². The summed E-state index contributed by atoms with van der Waals surface area (Å²) in [6, 6.07) is 3.32. The minimum absolute atomic E-state index is 0.0375. The lowest BCUT2D eigenvalue weighted by Crippen LogP contribution is -2.28. The van der Waals surface area contributed by atoms with Gasteiger partial charge in [0.1, 0.15) is 5.82 Å². The van der Waals surface area contributed by atoms with Crippen molar-refractivity contribution in [2.75, 3.05) is 12.3 Å². The van der Waals surface area contributed by atoms with Crippen LogP contribution in [0.3, 0.4) is 0 Å². The molecule has 1 aromatic carbocycles. The van der Waals surface area contributed by atoms with Crippen LogP contribution in [-0.4, -0.2) is 29.1 Å². The van der Waals surface area contributed by atoms with Crippen molar-refractivity contribution in [1.82, 2.24) is 4.72 Å². The molecule has 0 aliphatic carbocycles. The van der Waals surface area contributed by atoms with Gasteiger partial charge in [-0.25, -0.2) is 31.1 Å². The molecule has 1 rings (SSSR count). The van der Waals surface area contributed by atoms with E-state index < -0.39 is 25.9 Å². The zero-order valence-corrected chi connectivity index (χ0v) is 11.9. The molecule has 0 spiro atoms. The molecule has 0 aromatic heterocycles. The maximum atomic E-state index is 12.9. The number of hydrogen-bond acceptors (Lipinski definition) is 4. The van der Waals surface area contributed by atoms with Crippen LogP contribution in [0.5, 0.6) is 0 Å². The molecule has 0 heterocycles. The van der Waals surface area contributed by atoms with Crippen molar-refractivity contribution < 1.29 is 21.2 Å². The Morgan fingerprint density at radius 3 is 2.42 bits per heavy atom. The van der Waals surface area contributed by atoms with Gasteiger partial charge in [0.05, 0.1) is 10.6 Å². The number of primary sulfonamides is 1. The van der Waals surface area contributed by atoms with Gasteiger partial charge in [-0.3, -0.25) is 0 Å². The van der Waals surface area contributed by atoms with E-state index in [4.69, 9.17) is 5.14 Å². The molecule has 19 heavy (non-hydrogen) atoms. The van der Waals surface area contributed by atoms with Crippen molar-refractivity contribution in [2.24, 2.45) is 5.14 Å². The van der Waals surface area contributed by atoms with Crippen LogP contribution in [0, 0.1) is 12.7 Å². The van der Waals surface area contributed by atoms with Gasteiger partial charge in [0.2, 0.25) is 20.0 Å². The van der Waals surface area contributed by atoms with Gasteiger partial charge in [-0.05, 0) is 37.1 Å². The number of rotatable bonds is 6. The fourth-order valence-electron chi connectivity index (χ4n) is 1.47. The zero-order valence-electron chi connectivity index (χ0n) is 10.3. The number of nitrogens with two attached hydrogens (primary N) is 1. The molecule has 3 N–H and O–H groups in total. The Morgan fingerprint density at radius 1 is 1.26 bits per heavy atom. The first-order valence-electron chi connectivity index (χ1n) is 5.38. The number of benzene rings is 1. The molecule has 0 saturated heterocycles. The average molecular weight is 310 g/mol. The molecule has 0 radical (unpaired) electrons. The molecule has 0 aliphatic rings. The summed E-state index contributed by atoms with van der Waals surface area (Å²) in [6.45, 7) is 1.41. The van der Waals surface area contributed by atoms with Gasteiger partial charge < -0.3 is 0 Å². The van der Waals surface area contributed by atoms with Crippen LogP contribution in [0.1, 0.15) is 12.0 Å². The van der Waals surface area contributed by atoms with Crippen molar-refractivity contribution in [1.29, 1.82) is 0 Å². The smallest absolute Gasteiger partial charge is 0.229 e. The van der Waals surface area contributed by atoms with Crippen molar-refractivity contribution in [2.45, 2.75) is 18.2 Å². The third-order valence-corrected chi connectivity index (χ3v) is 4.80. The summed E-state index contributed by atoms with van der Waals surface area (Å²) in [6.07, 6.45) is 0.0678. The van der Waals surface area contributed by atoms with Crippen LogP contribution in [0.4, 0.5) is 4.39 Å². The van der Waals surface area contributed by atoms with Gasteiger partial charge in [0, 0.05) is 6.54 Å². The van der Waals surface area contributed by atoms with Crippen molar-refractivity contribution in [3.8, 4) is 0 Å². The largest absolute Gasteiger partial charge is 0.240 e. The van der Waals surface area contributed by atoms with Crippen LogP contribution < -0.4 is 9.86 Å². The predicted octanol–water partition coefficient (Wildman–Crippen LogP) is 0.0910. The molecule has 0 saturated carbocycles. The summed E-state index contributed by atoms with van der Waals surface area (Å²) in [5, 5.41) is 4.79. The second-order valence-electron chi connectivity index (χ2n) is 4.03. The number of aryl methyl sites for hydroxylation is 1. The maximum Gasteiger partial charge on any atom is 0.240 e. The van der Waals surface area contributed by atoms with Gasteiger partial charge in [-0.1, -0.05) is 0 Å². The molecule has 108 valence electrons. The van der Waals surface area contributed by atoms with Gasteiger partial charge >= 0.3 is 0 Å². The Bertz CT molecular complexity index is 656. The lowest BCUT2D eigenvalue weighted by molar-refractivity contribution is 0.575. The summed E-state index contributed by atoms with van der Waals surface area (Å²) < 4.78 is 60.2. The highest BCUT2D eigenvalue weighted by molar-refractivity contribution is 7.89. The van der Waals surface area contributed by atoms with Gasteiger partial charge in [0.15, 0.2) is 0 Å². The second kappa shape index (κ2) is 5.95. The Balaban J connectivity index is 2.71. The summed E-state index contributed by atoms with van der Waals surface area (Å²) in [4.78, 5) is -0.0375. The van der Waals surface area contributed by atoms with E-state index in [-0.39, 0.29) is 29.2 Å². The fourth-order valence-corrected chi connectivity index (χ4v) is 3.32. The monoisotopic (exact) mass is 310 g/mol. The number of sulfonamides is 2. The Kier molecular flexibility index (Phi) is 5.02. The second-order valence-corrected chi connectivity index (χ2v) is 7.50. The van der Waals surface area contributed by atoms with E-state index in [1.54, 1.807) is 0 Å².